The molecule has 0 bridgehead atoms. The van der Waals surface area contributed by atoms with Crippen LogP contribution in [0.5, 0.6) is 5.75 Å². The van der Waals surface area contributed by atoms with Crippen molar-refractivity contribution in [2.45, 2.75) is 65.4 Å². The monoisotopic (exact) mass is 372 g/mol. The second kappa shape index (κ2) is 10.9. The predicted octanol–water partition coefficient (Wildman–Crippen LogP) is 7.75. The van der Waals surface area contributed by atoms with Gasteiger partial charge in [-0.15, -0.1) is 0 Å². The Kier molecular flexibility index (Phi) is 8.50. The summed E-state index contributed by atoms with van der Waals surface area (Å²) in [5.74, 6) is -1.00. The maximum absolute atomic E-state index is 14.5. The van der Waals surface area contributed by atoms with Gasteiger partial charge in [-0.05, 0) is 56.0 Å². The third kappa shape index (κ3) is 6.50. The van der Waals surface area contributed by atoms with Crippen LogP contribution in [0.2, 0.25) is 0 Å². The average Bonchev–Trinajstić information content (AvgIpc) is 2.71. The molecule has 0 saturated carbocycles. The van der Waals surface area contributed by atoms with Gasteiger partial charge in [0, 0.05) is 11.1 Å². The number of hydrogen-bond donors (Lipinski definition) is 0. The molecule has 2 aromatic rings. The first-order chi connectivity index (χ1) is 13.0. The molecule has 146 valence electrons. The molecule has 0 spiro atoms. The molecule has 0 aliphatic rings. The third-order valence-corrected chi connectivity index (χ3v) is 4.72. The Morgan fingerprint density at radius 1 is 0.815 bits per heavy atom. The molecule has 0 N–H and O–H groups in total. The first-order valence-electron chi connectivity index (χ1n) is 9.96. The van der Waals surface area contributed by atoms with E-state index in [-0.39, 0.29) is 17.2 Å². The van der Waals surface area contributed by atoms with E-state index in [1.165, 1.54) is 19.3 Å². The summed E-state index contributed by atoms with van der Waals surface area (Å²) in [6, 6.07) is 13.4. The fourth-order valence-electron chi connectivity index (χ4n) is 2.97. The molecule has 0 aliphatic carbocycles. The molecule has 1 nitrogen and oxygen atoms in total. The Labute approximate surface area is 162 Å². The van der Waals surface area contributed by atoms with Crippen LogP contribution in [0.4, 0.5) is 8.78 Å². The minimum Gasteiger partial charge on any atom is -0.491 e. The molecule has 0 fully saturated rings. The summed E-state index contributed by atoms with van der Waals surface area (Å²) in [6.07, 6.45) is 6.81. The van der Waals surface area contributed by atoms with Gasteiger partial charge in [0.1, 0.15) is 5.75 Å². The fourth-order valence-corrected chi connectivity index (χ4v) is 2.97. The lowest BCUT2D eigenvalue weighted by Gasteiger charge is -2.15. The van der Waals surface area contributed by atoms with Gasteiger partial charge in [-0.25, -0.2) is 8.78 Å². The van der Waals surface area contributed by atoms with Gasteiger partial charge in [-0.2, -0.15) is 0 Å². The van der Waals surface area contributed by atoms with Gasteiger partial charge in [0.05, 0.1) is 6.10 Å². The smallest absolute Gasteiger partial charge is 0.166 e. The summed E-state index contributed by atoms with van der Waals surface area (Å²) in [4.78, 5) is 0. The van der Waals surface area contributed by atoms with Crippen molar-refractivity contribution in [1.29, 1.82) is 0 Å². The van der Waals surface area contributed by atoms with Crippen LogP contribution in [-0.2, 0) is 6.42 Å². The van der Waals surface area contributed by atoms with E-state index in [1.54, 1.807) is 36.4 Å². The van der Waals surface area contributed by atoms with E-state index in [9.17, 15) is 8.78 Å². The van der Waals surface area contributed by atoms with E-state index >= 15 is 0 Å². The molecule has 0 aliphatic heterocycles. The van der Waals surface area contributed by atoms with Crippen molar-refractivity contribution in [2.24, 2.45) is 0 Å². The van der Waals surface area contributed by atoms with Crippen molar-refractivity contribution < 1.29 is 13.5 Å². The van der Waals surface area contributed by atoms with Gasteiger partial charge in [-0.3, -0.25) is 0 Å². The number of halogens is 2. The summed E-state index contributed by atoms with van der Waals surface area (Å²) in [5.41, 5.74) is 1.57. The molecule has 2 rings (SSSR count). The van der Waals surface area contributed by atoms with Crippen LogP contribution in [-0.4, -0.2) is 6.10 Å². The standard InChI is InChI=1S/C24H30F2O/c1-4-6-7-8-9-18(3)27-22-16-14-21(15-17-22)24(26)23(25)20-12-10-19(5-2)11-13-20/h10-18H,4-9H2,1-3H3/b24-23+/t18-/m0/s1. The van der Waals surface area contributed by atoms with Gasteiger partial charge in [-0.1, -0.05) is 57.4 Å². The average molecular weight is 372 g/mol. The van der Waals surface area contributed by atoms with Gasteiger partial charge in [0.25, 0.3) is 0 Å². The second-order valence-electron chi connectivity index (χ2n) is 6.98. The highest BCUT2D eigenvalue weighted by molar-refractivity contribution is 5.83. The quantitative estimate of drug-likeness (QED) is 0.306. The van der Waals surface area contributed by atoms with E-state index in [0.29, 0.717) is 5.75 Å². The molecule has 0 amide bonds. The Balaban J connectivity index is 2.00. The van der Waals surface area contributed by atoms with Crippen molar-refractivity contribution in [2.75, 3.05) is 0 Å². The molecule has 27 heavy (non-hydrogen) atoms. The van der Waals surface area contributed by atoms with Gasteiger partial charge in [0.2, 0.25) is 0 Å². The lowest BCUT2D eigenvalue weighted by molar-refractivity contribution is 0.206. The highest BCUT2D eigenvalue weighted by atomic mass is 19.2. The number of ether oxygens (including phenoxy) is 1. The highest BCUT2D eigenvalue weighted by Crippen LogP contribution is 2.30. The Hall–Kier alpha value is -2.16. The Morgan fingerprint density at radius 3 is 1.89 bits per heavy atom. The van der Waals surface area contributed by atoms with Crippen LogP contribution in [0.1, 0.15) is 69.6 Å². The lowest BCUT2D eigenvalue weighted by Crippen LogP contribution is -2.11. The summed E-state index contributed by atoms with van der Waals surface area (Å²) in [5, 5.41) is 0. The molecule has 0 unspecified atom stereocenters. The molecular weight excluding hydrogens is 342 g/mol. The van der Waals surface area contributed by atoms with E-state index in [0.717, 1.165) is 24.8 Å². The maximum atomic E-state index is 14.5. The first kappa shape index (κ1) is 21.1. The lowest BCUT2D eigenvalue weighted by atomic mass is 10.1. The number of aryl methyl sites for hydroxylation is 1. The highest BCUT2D eigenvalue weighted by Gasteiger charge is 2.12. The normalized spacial score (nSPS) is 13.2. The molecule has 0 saturated heterocycles. The van der Waals surface area contributed by atoms with Crippen LogP contribution in [0.15, 0.2) is 48.5 Å². The minimum absolute atomic E-state index is 0.113. The number of hydrogen-bond acceptors (Lipinski definition) is 1. The van der Waals surface area contributed by atoms with E-state index in [2.05, 4.69) is 6.92 Å². The summed E-state index contributed by atoms with van der Waals surface area (Å²) < 4.78 is 34.8. The van der Waals surface area contributed by atoms with Crippen molar-refractivity contribution in [3.63, 3.8) is 0 Å². The second-order valence-corrected chi connectivity index (χ2v) is 6.98. The molecule has 1 atom stereocenters. The minimum atomic E-state index is -0.849. The van der Waals surface area contributed by atoms with Gasteiger partial charge >= 0.3 is 0 Å². The number of benzene rings is 2. The molecule has 0 aromatic heterocycles. The molecule has 3 heteroatoms. The van der Waals surface area contributed by atoms with Crippen LogP contribution in [0.3, 0.4) is 0 Å². The predicted molar refractivity (Wildman–Crippen MR) is 110 cm³/mol. The van der Waals surface area contributed by atoms with Crippen LogP contribution < -0.4 is 4.74 Å². The SMILES string of the molecule is CCCCCC[C@H](C)Oc1ccc(/C(F)=C(\F)c2ccc(CC)cc2)cc1. The number of unbranched alkanes of at least 4 members (excludes halogenated alkanes) is 3. The van der Waals surface area contributed by atoms with Crippen molar-refractivity contribution >= 4 is 11.7 Å². The van der Waals surface area contributed by atoms with Crippen molar-refractivity contribution in [1.82, 2.24) is 0 Å². The van der Waals surface area contributed by atoms with Crippen LogP contribution >= 0.6 is 0 Å². The zero-order valence-electron chi connectivity index (χ0n) is 16.6. The maximum Gasteiger partial charge on any atom is 0.166 e. The Bertz CT molecular complexity index is 717. The Morgan fingerprint density at radius 2 is 1.37 bits per heavy atom. The molecular formula is C24H30F2O. The fraction of sp³-hybridized carbons (Fsp3) is 0.417. The molecule has 0 radical (unpaired) electrons. The van der Waals surface area contributed by atoms with Crippen molar-refractivity contribution in [3.05, 3.63) is 65.2 Å². The van der Waals surface area contributed by atoms with Crippen LogP contribution in [0.25, 0.3) is 11.7 Å². The largest absolute Gasteiger partial charge is 0.491 e. The van der Waals surface area contributed by atoms with E-state index < -0.39 is 11.7 Å². The van der Waals surface area contributed by atoms with Gasteiger partial charge in [0.15, 0.2) is 11.7 Å². The zero-order chi connectivity index (χ0) is 19.6. The summed E-state index contributed by atoms with van der Waals surface area (Å²) >= 11 is 0. The van der Waals surface area contributed by atoms with E-state index in [4.69, 9.17) is 4.74 Å². The van der Waals surface area contributed by atoms with Crippen LogP contribution in [0, 0.1) is 0 Å². The van der Waals surface area contributed by atoms with Crippen molar-refractivity contribution in [3.8, 4) is 5.75 Å². The molecule has 0 heterocycles. The zero-order valence-corrected chi connectivity index (χ0v) is 16.6. The number of rotatable bonds is 10. The summed E-state index contributed by atoms with van der Waals surface area (Å²) in [7, 11) is 0. The topological polar surface area (TPSA) is 9.23 Å². The van der Waals surface area contributed by atoms with Gasteiger partial charge < -0.3 is 4.74 Å². The molecule has 2 aromatic carbocycles. The summed E-state index contributed by atoms with van der Waals surface area (Å²) in [6.45, 7) is 6.26. The van der Waals surface area contributed by atoms with E-state index in [1.807, 2.05) is 26.0 Å². The first-order valence-corrected chi connectivity index (χ1v) is 9.96. The third-order valence-electron chi connectivity index (χ3n) is 4.72.